The van der Waals surface area contributed by atoms with Crippen molar-refractivity contribution in [3.8, 4) is 0 Å². The molecule has 0 saturated heterocycles. The van der Waals surface area contributed by atoms with Crippen LogP contribution in [0.5, 0.6) is 0 Å². The standard InChI is InChI=1S/C11H15ClN2OS/c1-6(2)7(3)16-11-9(5-15)10(12)13-8(4)14-11/h5-7H,1-4H3. The summed E-state index contributed by atoms with van der Waals surface area (Å²) >= 11 is 7.47. The Morgan fingerprint density at radius 1 is 1.31 bits per heavy atom. The van der Waals surface area contributed by atoms with Crippen LogP contribution in [-0.2, 0) is 0 Å². The monoisotopic (exact) mass is 258 g/mol. The van der Waals surface area contributed by atoms with Crippen LogP contribution in [0, 0.1) is 12.8 Å². The highest BCUT2D eigenvalue weighted by Crippen LogP contribution is 2.30. The molecule has 0 bridgehead atoms. The van der Waals surface area contributed by atoms with E-state index in [0.29, 0.717) is 27.6 Å². The predicted molar refractivity (Wildman–Crippen MR) is 67.3 cm³/mol. The molecule has 3 nitrogen and oxygen atoms in total. The van der Waals surface area contributed by atoms with E-state index in [-0.39, 0.29) is 5.15 Å². The maximum absolute atomic E-state index is 10.9. The Bertz CT molecular complexity index is 396. The number of nitrogens with zero attached hydrogens (tertiary/aromatic N) is 2. The van der Waals surface area contributed by atoms with E-state index in [0.717, 1.165) is 6.29 Å². The normalized spacial score (nSPS) is 12.9. The first kappa shape index (κ1) is 13.5. The third kappa shape index (κ3) is 3.19. The molecule has 1 unspecified atom stereocenters. The summed E-state index contributed by atoms with van der Waals surface area (Å²) in [5.74, 6) is 1.10. The van der Waals surface area contributed by atoms with Crippen molar-refractivity contribution < 1.29 is 4.79 Å². The Hall–Kier alpha value is -0.610. The van der Waals surface area contributed by atoms with Gasteiger partial charge in [0.1, 0.15) is 16.0 Å². The molecule has 0 aliphatic heterocycles. The highest BCUT2D eigenvalue weighted by molar-refractivity contribution is 7.99. The van der Waals surface area contributed by atoms with Crippen molar-refractivity contribution in [1.29, 1.82) is 0 Å². The molecule has 0 aliphatic carbocycles. The Kier molecular flexibility index (Phi) is 4.74. The summed E-state index contributed by atoms with van der Waals surface area (Å²) < 4.78 is 0. The van der Waals surface area contributed by atoms with Gasteiger partial charge in [0.15, 0.2) is 6.29 Å². The van der Waals surface area contributed by atoms with E-state index in [2.05, 4.69) is 30.7 Å². The van der Waals surface area contributed by atoms with Crippen LogP contribution < -0.4 is 0 Å². The molecule has 0 radical (unpaired) electrons. The SMILES string of the molecule is Cc1nc(Cl)c(C=O)c(SC(C)C(C)C)n1. The molecule has 1 atom stereocenters. The predicted octanol–water partition coefficient (Wildman–Crippen LogP) is 3.39. The second kappa shape index (κ2) is 5.64. The molecule has 0 amide bonds. The Morgan fingerprint density at radius 2 is 1.94 bits per heavy atom. The first-order chi connectivity index (χ1) is 7.45. The minimum atomic E-state index is 0.237. The summed E-state index contributed by atoms with van der Waals surface area (Å²) in [4.78, 5) is 19.2. The average molecular weight is 259 g/mol. The van der Waals surface area contributed by atoms with Gasteiger partial charge in [-0.2, -0.15) is 0 Å². The van der Waals surface area contributed by atoms with E-state index in [1.807, 2.05) is 0 Å². The number of halogens is 1. The molecule has 1 aromatic heterocycles. The quantitative estimate of drug-likeness (QED) is 0.472. The Morgan fingerprint density at radius 3 is 2.44 bits per heavy atom. The van der Waals surface area contributed by atoms with Gasteiger partial charge in [0.05, 0.1) is 5.56 Å². The van der Waals surface area contributed by atoms with Crippen molar-refractivity contribution in [2.24, 2.45) is 5.92 Å². The van der Waals surface area contributed by atoms with Crippen LogP contribution in [0.25, 0.3) is 0 Å². The summed E-state index contributed by atoms with van der Waals surface area (Å²) in [5, 5.41) is 1.29. The fourth-order valence-electron chi connectivity index (χ4n) is 1.02. The van der Waals surface area contributed by atoms with Crippen LogP contribution in [-0.4, -0.2) is 21.5 Å². The molecule has 5 heteroatoms. The van der Waals surface area contributed by atoms with Crippen LogP contribution in [0.1, 0.15) is 37.0 Å². The molecule has 16 heavy (non-hydrogen) atoms. The molecule has 0 aromatic carbocycles. The fraction of sp³-hybridized carbons (Fsp3) is 0.545. The second-order valence-electron chi connectivity index (χ2n) is 3.97. The largest absolute Gasteiger partial charge is 0.298 e. The molecule has 0 N–H and O–H groups in total. The van der Waals surface area contributed by atoms with Gasteiger partial charge in [-0.25, -0.2) is 9.97 Å². The molecular weight excluding hydrogens is 244 g/mol. The molecule has 0 spiro atoms. The van der Waals surface area contributed by atoms with Crippen molar-refractivity contribution in [1.82, 2.24) is 9.97 Å². The smallest absolute Gasteiger partial charge is 0.155 e. The maximum atomic E-state index is 10.9. The molecular formula is C11H15ClN2OS. The molecule has 1 aromatic rings. The van der Waals surface area contributed by atoms with Crippen LogP contribution >= 0.6 is 23.4 Å². The van der Waals surface area contributed by atoms with Gasteiger partial charge in [-0.1, -0.05) is 32.4 Å². The van der Waals surface area contributed by atoms with Crippen LogP contribution in [0.15, 0.2) is 5.03 Å². The summed E-state index contributed by atoms with van der Waals surface area (Å²) in [7, 11) is 0. The van der Waals surface area contributed by atoms with Crippen LogP contribution in [0.3, 0.4) is 0 Å². The number of aromatic nitrogens is 2. The number of thioether (sulfide) groups is 1. The molecule has 0 saturated carbocycles. The average Bonchev–Trinajstić information content (AvgIpc) is 2.16. The number of aldehydes is 1. The summed E-state index contributed by atoms with van der Waals surface area (Å²) in [6, 6.07) is 0. The van der Waals surface area contributed by atoms with Crippen molar-refractivity contribution in [2.75, 3.05) is 0 Å². The number of carbonyl (C=O) groups is 1. The fourth-order valence-corrected chi connectivity index (χ4v) is 2.42. The van der Waals surface area contributed by atoms with Gasteiger partial charge in [-0.05, 0) is 12.8 Å². The first-order valence-electron chi connectivity index (χ1n) is 5.11. The number of aryl methyl sites for hydroxylation is 1. The number of carbonyl (C=O) groups excluding carboxylic acids is 1. The van der Waals surface area contributed by atoms with Crippen molar-refractivity contribution >= 4 is 29.6 Å². The minimum absolute atomic E-state index is 0.237. The lowest BCUT2D eigenvalue weighted by atomic mass is 10.2. The van der Waals surface area contributed by atoms with Gasteiger partial charge in [0.25, 0.3) is 0 Å². The topological polar surface area (TPSA) is 42.9 Å². The zero-order valence-electron chi connectivity index (χ0n) is 9.82. The van der Waals surface area contributed by atoms with Gasteiger partial charge < -0.3 is 0 Å². The lowest BCUT2D eigenvalue weighted by Gasteiger charge is -2.15. The van der Waals surface area contributed by atoms with Gasteiger partial charge >= 0.3 is 0 Å². The van der Waals surface area contributed by atoms with E-state index in [1.165, 1.54) is 0 Å². The lowest BCUT2D eigenvalue weighted by molar-refractivity contribution is 0.112. The third-order valence-corrected chi connectivity index (χ3v) is 4.07. The van der Waals surface area contributed by atoms with Crippen LogP contribution in [0.4, 0.5) is 0 Å². The van der Waals surface area contributed by atoms with E-state index in [1.54, 1.807) is 18.7 Å². The molecule has 1 rings (SSSR count). The summed E-state index contributed by atoms with van der Waals surface area (Å²) in [6.07, 6.45) is 0.719. The lowest BCUT2D eigenvalue weighted by Crippen LogP contribution is -2.08. The molecule has 88 valence electrons. The molecule has 0 fully saturated rings. The van der Waals surface area contributed by atoms with Crippen molar-refractivity contribution in [3.63, 3.8) is 0 Å². The van der Waals surface area contributed by atoms with Gasteiger partial charge in [0.2, 0.25) is 0 Å². The van der Waals surface area contributed by atoms with E-state index in [4.69, 9.17) is 11.6 Å². The zero-order valence-corrected chi connectivity index (χ0v) is 11.4. The summed E-state index contributed by atoms with van der Waals surface area (Å²) in [5.41, 5.74) is 0.393. The number of rotatable bonds is 4. The van der Waals surface area contributed by atoms with Crippen molar-refractivity contribution in [3.05, 3.63) is 16.5 Å². The highest BCUT2D eigenvalue weighted by atomic mass is 35.5. The highest BCUT2D eigenvalue weighted by Gasteiger charge is 2.16. The number of hydrogen-bond acceptors (Lipinski definition) is 4. The first-order valence-corrected chi connectivity index (χ1v) is 6.37. The zero-order chi connectivity index (χ0) is 12.3. The number of hydrogen-bond donors (Lipinski definition) is 0. The van der Waals surface area contributed by atoms with Gasteiger partial charge in [-0.15, -0.1) is 11.8 Å². The Labute approximate surface area is 105 Å². The third-order valence-electron chi connectivity index (χ3n) is 2.33. The van der Waals surface area contributed by atoms with Gasteiger partial charge in [-0.3, -0.25) is 4.79 Å². The molecule has 1 heterocycles. The maximum Gasteiger partial charge on any atom is 0.155 e. The second-order valence-corrected chi connectivity index (χ2v) is 5.69. The Balaban J connectivity index is 3.07. The van der Waals surface area contributed by atoms with E-state index in [9.17, 15) is 4.79 Å². The minimum Gasteiger partial charge on any atom is -0.298 e. The van der Waals surface area contributed by atoms with Gasteiger partial charge in [0, 0.05) is 5.25 Å². The van der Waals surface area contributed by atoms with E-state index >= 15 is 0 Å². The summed E-state index contributed by atoms with van der Waals surface area (Å²) in [6.45, 7) is 8.14. The van der Waals surface area contributed by atoms with E-state index < -0.39 is 0 Å². The molecule has 0 aliphatic rings. The van der Waals surface area contributed by atoms with Crippen molar-refractivity contribution in [2.45, 2.75) is 38.0 Å². The van der Waals surface area contributed by atoms with Crippen LogP contribution in [0.2, 0.25) is 5.15 Å².